The molecule has 2 heterocycles. The van der Waals surface area contributed by atoms with Gasteiger partial charge in [0.2, 0.25) is 0 Å². The zero-order valence-corrected chi connectivity index (χ0v) is 13.2. The van der Waals surface area contributed by atoms with Gasteiger partial charge in [0.05, 0.1) is 0 Å². The number of rotatable bonds is 5. The lowest BCUT2D eigenvalue weighted by atomic mass is 9.95. The highest BCUT2D eigenvalue weighted by Crippen LogP contribution is 2.19. The van der Waals surface area contributed by atoms with Crippen LogP contribution in [0.5, 0.6) is 0 Å². The zero-order chi connectivity index (χ0) is 13.7. The number of nitrogens with zero attached hydrogens (tertiary/aromatic N) is 2. The Morgan fingerprint density at radius 3 is 2.47 bits per heavy atom. The predicted octanol–water partition coefficient (Wildman–Crippen LogP) is 2.04. The van der Waals surface area contributed by atoms with Crippen molar-refractivity contribution >= 4 is 0 Å². The highest BCUT2D eigenvalue weighted by Gasteiger charge is 2.24. The van der Waals surface area contributed by atoms with Crippen LogP contribution in [0.1, 0.15) is 40.0 Å². The van der Waals surface area contributed by atoms with Crippen molar-refractivity contribution in [2.24, 2.45) is 11.8 Å². The van der Waals surface area contributed by atoms with E-state index in [1.807, 2.05) is 0 Å². The SMILES string of the molecule is CCN1CCC(CN2CCNC(CC(C)C)C2)CC1. The van der Waals surface area contributed by atoms with Crippen molar-refractivity contribution in [3.63, 3.8) is 0 Å². The molecular weight excluding hydrogens is 234 g/mol. The molecule has 2 fully saturated rings. The Morgan fingerprint density at radius 2 is 1.84 bits per heavy atom. The maximum absolute atomic E-state index is 3.68. The molecule has 1 atom stereocenters. The predicted molar refractivity (Wildman–Crippen MR) is 82.5 cm³/mol. The molecule has 0 aromatic rings. The standard InChI is InChI=1S/C16H33N3/c1-4-18-8-5-15(6-9-18)12-19-10-7-17-16(13-19)11-14(2)3/h14-17H,4-13H2,1-3H3. The lowest BCUT2D eigenvalue weighted by Gasteiger charge is -2.38. The van der Waals surface area contributed by atoms with Crippen molar-refractivity contribution in [2.45, 2.75) is 46.1 Å². The fourth-order valence-corrected chi connectivity index (χ4v) is 3.64. The molecule has 0 spiro atoms. The summed E-state index contributed by atoms with van der Waals surface area (Å²) in [4.78, 5) is 5.31. The molecule has 0 radical (unpaired) electrons. The molecule has 2 rings (SSSR count). The number of piperazine rings is 1. The van der Waals surface area contributed by atoms with Gasteiger partial charge < -0.3 is 15.1 Å². The molecular formula is C16H33N3. The van der Waals surface area contributed by atoms with Crippen molar-refractivity contribution < 1.29 is 0 Å². The lowest BCUT2D eigenvalue weighted by molar-refractivity contribution is 0.122. The third-order valence-corrected chi connectivity index (χ3v) is 4.77. The van der Waals surface area contributed by atoms with E-state index in [9.17, 15) is 0 Å². The van der Waals surface area contributed by atoms with E-state index in [1.54, 1.807) is 0 Å². The second-order valence-corrected chi connectivity index (χ2v) is 6.92. The van der Waals surface area contributed by atoms with Crippen molar-refractivity contribution in [3.05, 3.63) is 0 Å². The van der Waals surface area contributed by atoms with Gasteiger partial charge in [-0.1, -0.05) is 20.8 Å². The Kier molecular flexibility index (Phi) is 6.11. The Balaban J connectivity index is 1.70. The van der Waals surface area contributed by atoms with E-state index < -0.39 is 0 Å². The maximum Gasteiger partial charge on any atom is 0.0198 e. The third-order valence-electron chi connectivity index (χ3n) is 4.77. The molecule has 2 aliphatic rings. The number of likely N-dealkylation sites (tertiary alicyclic amines) is 1. The fourth-order valence-electron chi connectivity index (χ4n) is 3.64. The quantitative estimate of drug-likeness (QED) is 0.822. The summed E-state index contributed by atoms with van der Waals surface area (Å²) >= 11 is 0. The van der Waals surface area contributed by atoms with Crippen LogP contribution in [-0.4, -0.2) is 61.7 Å². The van der Waals surface area contributed by atoms with E-state index in [0.29, 0.717) is 0 Å². The average molecular weight is 267 g/mol. The molecule has 112 valence electrons. The van der Waals surface area contributed by atoms with Gasteiger partial charge in [0, 0.05) is 32.2 Å². The summed E-state index contributed by atoms with van der Waals surface area (Å²) in [6, 6.07) is 0.726. The van der Waals surface area contributed by atoms with Gasteiger partial charge in [0.15, 0.2) is 0 Å². The van der Waals surface area contributed by atoms with Crippen molar-refractivity contribution in [1.82, 2.24) is 15.1 Å². The second-order valence-electron chi connectivity index (χ2n) is 6.92. The van der Waals surface area contributed by atoms with Crippen LogP contribution in [-0.2, 0) is 0 Å². The second kappa shape index (κ2) is 7.61. The van der Waals surface area contributed by atoms with E-state index >= 15 is 0 Å². The number of nitrogens with one attached hydrogen (secondary N) is 1. The summed E-state index contributed by atoms with van der Waals surface area (Å²) in [6.45, 7) is 15.9. The molecule has 0 amide bonds. The fraction of sp³-hybridized carbons (Fsp3) is 1.00. The van der Waals surface area contributed by atoms with Gasteiger partial charge in [0.1, 0.15) is 0 Å². The van der Waals surface area contributed by atoms with Crippen molar-refractivity contribution in [1.29, 1.82) is 0 Å². The molecule has 1 unspecified atom stereocenters. The van der Waals surface area contributed by atoms with Gasteiger partial charge in [-0.15, -0.1) is 0 Å². The molecule has 0 aromatic carbocycles. The summed E-state index contributed by atoms with van der Waals surface area (Å²) in [5.41, 5.74) is 0. The molecule has 3 nitrogen and oxygen atoms in total. The van der Waals surface area contributed by atoms with Gasteiger partial charge in [-0.05, 0) is 50.7 Å². The van der Waals surface area contributed by atoms with Gasteiger partial charge >= 0.3 is 0 Å². The summed E-state index contributed by atoms with van der Waals surface area (Å²) in [5, 5.41) is 3.68. The van der Waals surface area contributed by atoms with E-state index in [2.05, 4.69) is 35.9 Å². The Bertz CT molecular complexity index is 246. The minimum Gasteiger partial charge on any atom is -0.311 e. The normalized spacial score (nSPS) is 28.1. The van der Waals surface area contributed by atoms with Gasteiger partial charge in [-0.3, -0.25) is 0 Å². The maximum atomic E-state index is 3.68. The van der Waals surface area contributed by atoms with Crippen LogP contribution in [0.3, 0.4) is 0 Å². The Labute approximate surface area is 119 Å². The monoisotopic (exact) mass is 267 g/mol. The first-order valence-electron chi connectivity index (χ1n) is 8.35. The van der Waals surface area contributed by atoms with E-state index in [1.165, 1.54) is 65.1 Å². The molecule has 1 N–H and O–H groups in total. The minimum absolute atomic E-state index is 0.726. The Morgan fingerprint density at radius 1 is 1.11 bits per heavy atom. The topological polar surface area (TPSA) is 18.5 Å². The van der Waals surface area contributed by atoms with Crippen LogP contribution < -0.4 is 5.32 Å². The number of hydrogen-bond acceptors (Lipinski definition) is 3. The molecule has 3 heteroatoms. The third kappa shape index (κ3) is 5.05. The van der Waals surface area contributed by atoms with Gasteiger partial charge in [-0.25, -0.2) is 0 Å². The summed E-state index contributed by atoms with van der Waals surface area (Å²) in [5.74, 6) is 1.76. The van der Waals surface area contributed by atoms with E-state index in [0.717, 1.165) is 17.9 Å². The zero-order valence-electron chi connectivity index (χ0n) is 13.2. The van der Waals surface area contributed by atoms with Crippen LogP contribution >= 0.6 is 0 Å². The van der Waals surface area contributed by atoms with Gasteiger partial charge in [0.25, 0.3) is 0 Å². The number of piperidine rings is 1. The molecule has 0 saturated carbocycles. The molecule has 2 saturated heterocycles. The average Bonchev–Trinajstić information content (AvgIpc) is 2.39. The Hall–Kier alpha value is -0.120. The van der Waals surface area contributed by atoms with Gasteiger partial charge in [-0.2, -0.15) is 0 Å². The first-order chi connectivity index (χ1) is 9.17. The molecule has 2 aliphatic heterocycles. The van der Waals surface area contributed by atoms with Crippen molar-refractivity contribution in [3.8, 4) is 0 Å². The van der Waals surface area contributed by atoms with Crippen LogP contribution in [0.4, 0.5) is 0 Å². The largest absolute Gasteiger partial charge is 0.311 e. The minimum atomic E-state index is 0.726. The first-order valence-corrected chi connectivity index (χ1v) is 8.35. The van der Waals surface area contributed by atoms with E-state index in [4.69, 9.17) is 0 Å². The summed E-state index contributed by atoms with van der Waals surface area (Å²) in [7, 11) is 0. The molecule has 0 aliphatic carbocycles. The van der Waals surface area contributed by atoms with Crippen molar-refractivity contribution in [2.75, 3.05) is 45.8 Å². The molecule has 0 aromatic heterocycles. The summed E-state index contributed by atoms with van der Waals surface area (Å²) in [6.07, 6.45) is 4.14. The first kappa shape index (κ1) is 15.3. The van der Waals surface area contributed by atoms with E-state index in [-0.39, 0.29) is 0 Å². The van der Waals surface area contributed by atoms with Crippen LogP contribution in [0.2, 0.25) is 0 Å². The smallest absolute Gasteiger partial charge is 0.0198 e. The van der Waals surface area contributed by atoms with Crippen LogP contribution in [0.15, 0.2) is 0 Å². The summed E-state index contributed by atoms with van der Waals surface area (Å²) < 4.78 is 0. The highest BCUT2D eigenvalue weighted by molar-refractivity contribution is 4.82. The lowest BCUT2D eigenvalue weighted by Crippen LogP contribution is -2.52. The number of hydrogen-bond donors (Lipinski definition) is 1. The molecule has 0 bridgehead atoms. The van der Waals surface area contributed by atoms with Crippen LogP contribution in [0, 0.1) is 11.8 Å². The van der Waals surface area contributed by atoms with Crippen LogP contribution in [0.25, 0.3) is 0 Å². The molecule has 19 heavy (non-hydrogen) atoms. The highest BCUT2D eigenvalue weighted by atomic mass is 15.2.